The van der Waals surface area contributed by atoms with Crippen molar-refractivity contribution in [3.8, 4) is 0 Å². The van der Waals surface area contributed by atoms with Crippen molar-refractivity contribution < 1.29 is 17.6 Å². The number of halogens is 1. The topological polar surface area (TPSA) is 69.7 Å². The first-order valence-corrected chi connectivity index (χ1v) is 9.66. The Labute approximate surface area is 152 Å². The second-order valence-corrected chi connectivity index (χ2v) is 8.14. The van der Waals surface area contributed by atoms with Crippen LogP contribution in [0.2, 0.25) is 0 Å². The molecule has 0 aromatic heterocycles. The number of rotatable bonds is 4. The number of hydrogen-bond acceptors (Lipinski definition) is 4. The lowest BCUT2D eigenvalue weighted by atomic mass is 10.2. The summed E-state index contributed by atoms with van der Waals surface area (Å²) in [6.07, 6.45) is 0. The van der Waals surface area contributed by atoms with E-state index in [9.17, 15) is 17.6 Å². The fraction of sp³-hybridized carbons (Fsp3) is 0.278. The van der Waals surface area contributed by atoms with Crippen molar-refractivity contribution in [1.29, 1.82) is 0 Å². The van der Waals surface area contributed by atoms with Crippen molar-refractivity contribution in [2.24, 2.45) is 0 Å². The predicted molar refractivity (Wildman–Crippen MR) is 97.1 cm³/mol. The number of anilines is 1. The van der Waals surface area contributed by atoms with Crippen LogP contribution in [0.5, 0.6) is 0 Å². The Morgan fingerprint density at radius 2 is 1.73 bits per heavy atom. The lowest BCUT2D eigenvalue weighted by Gasteiger charge is -2.31. The van der Waals surface area contributed by atoms with E-state index in [0.29, 0.717) is 31.9 Å². The second kappa shape index (κ2) is 7.53. The summed E-state index contributed by atoms with van der Waals surface area (Å²) in [5, 5.41) is 2.57. The third-order valence-corrected chi connectivity index (χ3v) is 6.17. The molecule has 8 heteroatoms. The minimum Gasteiger partial charge on any atom is -0.322 e. The van der Waals surface area contributed by atoms with Crippen LogP contribution in [-0.2, 0) is 10.0 Å². The standard InChI is InChI=1S/C18H20FN3O3S/c1-21-8-10-22(11-9-21)26(24,25)17-7-2-4-14(12-17)18(23)20-16-6-3-5-15(19)13-16/h2-7,12-13H,8-11H2,1H3,(H,20,23). The molecule has 0 atom stereocenters. The molecule has 1 N–H and O–H groups in total. The zero-order valence-corrected chi connectivity index (χ0v) is 15.2. The molecule has 138 valence electrons. The molecular formula is C18H20FN3O3S. The van der Waals surface area contributed by atoms with Gasteiger partial charge in [0, 0.05) is 37.4 Å². The van der Waals surface area contributed by atoms with Gasteiger partial charge in [0.1, 0.15) is 5.82 Å². The summed E-state index contributed by atoms with van der Waals surface area (Å²) in [5.41, 5.74) is 0.506. The third kappa shape index (κ3) is 4.09. The summed E-state index contributed by atoms with van der Waals surface area (Å²) in [6, 6.07) is 11.4. The van der Waals surface area contributed by atoms with E-state index in [1.165, 1.54) is 46.8 Å². The molecule has 0 spiro atoms. The first-order chi connectivity index (χ1) is 12.4. The van der Waals surface area contributed by atoms with Gasteiger partial charge in [0.15, 0.2) is 0 Å². The van der Waals surface area contributed by atoms with Crippen LogP contribution in [0.25, 0.3) is 0 Å². The SMILES string of the molecule is CN1CCN(S(=O)(=O)c2cccc(C(=O)Nc3cccc(F)c3)c2)CC1. The van der Waals surface area contributed by atoms with E-state index < -0.39 is 21.7 Å². The summed E-state index contributed by atoms with van der Waals surface area (Å²) in [7, 11) is -1.71. The number of amides is 1. The number of sulfonamides is 1. The number of hydrogen-bond donors (Lipinski definition) is 1. The van der Waals surface area contributed by atoms with Gasteiger partial charge >= 0.3 is 0 Å². The molecule has 0 bridgehead atoms. The van der Waals surface area contributed by atoms with Gasteiger partial charge in [-0.05, 0) is 43.4 Å². The highest BCUT2D eigenvalue weighted by molar-refractivity contribution is 7.89. The lowest BCUT2D eigenvalue weighted by molar-refractivity contribution is 0.102. The number of nitrogens with one attached hydrogen (secondary N) is 1. The summed E-state index contributed by atoms with van der Waals surface area (Å²) in [6.45, 7) is 2.16. The van der Waals surface area contributed by atoms with Crippen molar-refractivity contribution >= 4 is 21.6 Å². The number of carbonyl (C=O) groups excluding carboxylic acids is 1. The molecule has 2 aromatic rings. The van der Waals surface area contributed by atoms with Crippen molar-refractivity contribution in [3.63, 3.8) is 0 Å². The molecule has 6 nitrogen and oxygen atoms in total. The molecular weight excluding hydrogens is 357 g/mol. The van der Waals surface area contributed by atoms with E-state index >= 15 is 0 Å². The van der Waals surface area contributed by atoms with E-state index in [-0.39, 0.29) is 10.5 Å². The summed E-state index contributed by atoms with van der Waals surface area (Å²) < 4.78 is 40.3. The largest absolute Gasteiger partial charge is 0.322 e. The zero-order chi connectivity index (χ0) is 18.7. The van der Waals surface area contributed by atoms with Gasteiger partial charge in [-0.15, -0.1) is 0 Å². The summed E-state index contributed by atoms with van der Waals surface area (Å²) in [4.78, 5) is 14.5. The number of likely N-dealkylation sites (N-methyl/N-ethyl adjacent to an activating group) is 1. The molecule has 1 saturated heterocycles. The highest BCUT2D eigenvalue weighted by atomic mass is 32.2. The maximum atomic E-state index is 13.2. The van der Waals surface area contributed by atoms with E-state index in [4.69, 9.17) is 0 Å². The number of piperazine rings is 1. The summed E-state index contributed by atoms with van der Waals surface area (Å²) >= 11 is 0. The third-order valence-electron chi connectivity index (χ3n) is 4.28. The van der Waals surface area contributed by atoms with E-state index in [0.717, 1.165) is 0 Å². The molecule has 1 aliphatic heterocycles. The van der Waals surface area contributed by atoms with E-state index in [2.05, 4.69) is 10.2 Å². The van der Waals surface area contributed by atoms with Gasteiger partial charge in [-0.1, -0.05) is 12.1 Å². The van der Waals surface area contributed by atoms with E-state index in [1.54, 1.807) is 6.07 Å². The quantitative estimate of drug-likeness (QED) is 0.885. The smallest absolute Gasteiger partial charge is 0.255 e. The van der Waals surface area contributed by atoms with Crippen molar-refractivity contribution in [2.75, 3.05) is 38.5 Å². The zero-order valence-electron chi connectivity index (χ0n) is 14.4. The van der Waals surface area contributed by atoms with Gasteiger partial charge in [-0.25, -0.2) is 12.8 Å². The number of carbonyl (C=O) groups is 1. The van der Waals surface area contributed by atoms with Crippen LogP contribution in [0.3, 0.4) is 0 Å². The summed E-state index contributed by atoms with van der Waals surface area (Å²) in [5.74, 6) is -0.958. The Morgan fingerprint density at radius 1 is 1.04 bits per heavy atom. The number of nitrogens with zero attached hydrogens (tertiary/aromatic N) is 2. The van der Waals surface area contributed by atoms with Crippen LogP contribution >= 0.6 is 0 Å². The molecule has 2 aromatic carbocycles. The molecule has 3 rings (SSSR count). The minimum absolute atomic E-state index is 0.0777. The Morgan fingerprint density at radius 3 is 2.42 bits per heavy atom. The second-order valence-electron chi connectivity index (χ2n) is 6.20. The Hall–Kier alpha value is -2.29. The predicted octanol–water partition coefficient (Wildman–Crippen LogP) is 2.01. The van der Waals surface area contributed by atoms with Crippen molar-refractivity contribution in [3.05, 3.63) is 59.9 Å². The van der Waals surface area contributed by atoms with Crippen LogP contribution < -0.4 is 5.32 Å². The highest BCUT2D eigenvalue weighted by Crippen LogP contribution is 2.19. The van der Waals surface area contributed by atoms with E-state index in [1.807, 2.05) is 7.05 Å². The van der Waals surface area contributed by atoms with Gasteiger partial charge in [0.05, 0.1) is 4.90 Å². The van der Waals surface area contributed by atoms with Gasteiger partial charge in [-0.2, -0.15) is 4.31 Å². The van der Waals surface area contributed by atoms with Gasteiger partial charge in [0.25, 0.3) is 5.91 Å². The molecule has 1 amide bonds. The van der Waals surface area contributed by atoms with Crippen LogP contribution in [0.4, 0.5) is 10.1 Å². The first-order valence-electron chi connectivity index (χ1n) is 8.22. The normalized spacial score (nSPS) is 16.4. The molecule has 0 radical (unpaired) electrons. The molecule has 0 unspecified atom stereocenters. The molecule has 1 aliphatic rings. The Balaban J connectivity index is 1.80. The van der Waals surface area contributed by atoms with Gasteiger partial charge in [0.2, 0.25) is 10.0 Å². The first kappa shape index (κ1) is 18.5. The lowest BCUT2D eigenvalue weighted by Crippen LogP contribution is -2.47. The van der Waals surface area contributed by atoms with Crippen LogP contribution in [0.1, 0.15) is 10.4 Å². The van der Waals surface area contributed by atoms with Crippen LogP contribution in [-0.4, -0.2) is 56.8 Å². The Bertz CT molecular complexity index is 909. The van der Waals surface area contributed by atoms with Crippen LogP contribution in [0, 0.1) is 5.82 Å². The van der Waals surface area contributed by atoms with Crippen LogP contribution in [0.15, 0.2) is 53.4 Å². The van der Waals surface area contributed by atoms with Gasteiger partial charge in [-0.3, -0.25) is 4.79 Å². The maximum Gasteiger partial charge on any atom is 0.255 e. The maximum absolute atomic E-state index is 13.2. The van der Waals surface area contributed by atoms with Crippen molar-refractivity contribution in [2.45, 2.75) is 4.90 Å². The van der Waals surface area contributed by atoms with Crippen molar-refractivity contribution in [1.82, 2.24) is 9.21 Å². The molecule has 1 fully saturated rings. The molecule has 0 aliphatic carbocycles. The highest BCUT2D eigenvalue weighted by Gasteiger charge is 2.27. The number of benzene rings is 2. The average molecular weight is 377 g/mol. The fourth-order valence-electron chi connectivity index (χ4n) is 2.74. The average Bonchev–Trinajstić information content (AvgIpc) is 2.62. The van der Waals surface area contributed by atoms with Gasteiger partial charge < -0.3 is 10.2 Å². The fourth-order valence-corrected chi connectivity index (χ4v) is 4.21. The monoisotopic (exact) mass is 377 g/mol. The Kier molecular flexibility index (Phi) is 5.36. The molecule has 1 heterocycles. The minimum atomic E-state index is -3.65. The molecule has 26 heavy (non-hydrogen) atoms. The molecule has 0 saturated carbocycles.